The van der Waals surface area contributed by atoms with E-state index >= 15 is 0 Å². The molecule has 28 heavy (non-hydrogen) atoms. The number of benzene rings is 1. The molecule has 0 atom stereocenters. The molecule has 1 aromatic heterocycles. The molecule has 0 radical (unpaired) electrons. The molecule has 0 saturated heterocycles. The lowest BCUT2D eigenvalue weighted by Gasteiger charge is -2.18. The quantitative estimate of drug-likeness (QED) is 0.678. The average molecular weight is 401 g/mol. The number of thiophene rings is 1. The van der Waals surface area contributed by atoms with Gasteiger partial charge in [-0.2, -0.15) is 0 Å². The zero-order chi connectivity index (χ0) is 19.8. The van der Waals surface area contributed by atoms with E-state index in [2.05, 4.69) is 17.2 Å². The second-order valence-corrected chi connectivity index (χ2v) is 7.38. The number of nitrogens with one attached hydrogen (secondary N) is 2. The molecule has 0 bridgehead atoms. The highest BCUT2D eigenvalue weighted by Gasteiger charge is 2.12. The highest BCUT2D eigenvalue weighted by Crippen LogP contribution is 2.30. The Hall–Kier alpha value is -2.80. The minimum atomic E-state index is -0.123. The third-order valence-electron chi connectivity index (χ3n) is 4.26. The molecule has 1 aliphatic rings. The summed E-state index contributed by atoms with van der Waals surface area (Å²) >= 11 is 1.52. The topological polar surface area (TPSA) is 76.7 Å². The van der Waals surface area contributed by atoms with Crippen LogP contribution in [0.2, 0.25) is 0 Å². The van der Waals surface area contributed by atoms with E-state index in [0.717, 1.165) is 21.9 Å². The van der Waals surface area contributed by atoms with Crippen LogP contribution < -0.4 is 20.1 Å². The van der Waals surface area contributed by atoms with Crippen LogP contribution in [0.4, 0.5) is 0 Å². The van der Waals surface area contributed by atoms with Gasteiger partial charge in [-0.1, -0.05) is 18.7 Å². The predicted octanol–water partition coefficient (Wildman–Crippen LogP) is 3.14. The number of rotatable bonds is 9. The van der Waals surface area contributed by atoms with Crippen molar-refractivity contribution in [1.82, 2.24) is 10.6 Å². The van der Waals surface area contributed by atoms with Crippen molar-refractivity contribution in [1.29, 1.82) is 0 Å². The monoisotopic (exact) mass is 400 g/mol. The highest BCUT2D eigenvalue weighted by atomic mass is 32.1. The van der Waals surface area contributed by atoms with Gasteiger partial charge in [0, 0.05) is 24.3 Å². The van der Waals surface area contributed by atoms with Gasteiger partial charge < -0.3 is 20.1 Å². The smallest absolute Gasteiger partial charge is 0.224 e. The molecule has 3 rings (SSSR count). The summed E-state index contributed by atoms with van der Waals surface area (Å²) in [5.74, 6) is 1.34. The summed E-state index contributed by atoms with van der Waals surface area (Å²) < 4.78 is 11.1. The van der Waals surface area contributed by atoms with Gasteiger partial charge in [0.05, 0.1) is 5.70 Å². The highest BCUT2D eigenvalue weighted by molar-refractivity contribution is 7.11. The first-order valence-corrected chi connectivity index (χ1v) is 10.2. The number of amides is 2. The first-order valence-electron chi connectivity index (χ1n) is 9.29. The third kappa shape index (κ3) is 5.85. The van der Waals surface area contributed by atoms with Crippen molar-refractivity contribution < 1.29 is 19.1 Å². The van der Waals surface area contributed by atoms with Crippen LogP contribution in [0.5, 0.6) is 11.5 Å². The number of hydrogen-bond donors (Lipinski definition) is 2. The molecule has 1 aromatic carbocycles. The fourth-order valence-corrected chi connectivity index (χ4v) is 3.48. The fraction of sp³-hybridized carbons (Fsp3) is 0.333. The molecule has 7 heteroatoms. The first-order chi connectivity index (χ1) is 13.6. The first kappa shape index (κ1) is 19.9. The maximum absolute atomic E-state index is 12.0. The molecule has 2 N–H and O–H groups in total. The van der Waals surface area contributed by atoms with Gasteiger partial charge in [0.25, 0.3) is 0 Å². The van der Waals surface area contributed by atoms with Crippen LogP contribution in [0.1, 0.15) is 29.7 Å². The van der Waals surface area contributed by atoms with Crippen molar-refractivity contribution in [3.05, 3.63) is 52.7 Å². The number of carbonyl (C=O) groups is 2. The summed E-state index contributed by atoms with van der Waals surface area (Å²) in [6.07, 6.45) is 1.82. The second kappa shape index (κ2) is 9.94. The van der Waals surface area contributed by atoms with Gasteiger partial charge in [-0.3, -0.25) is 9.59 Å². The van der Waals surface area contributed by atoms with Gasteiger partial charge >= 0.3 is 0 Å². The minimum Gasteiger partial charge on any atom is -0.486 e. The fourth-order valence-electron chi connectivity index (χ4n) is 2.83. The molecule has 0 fully saturated rings. The van der Waals surface area contributed by atoms with E-state index in [-0.39, 0.29) is 11.8 Å². The van der Waals surface area contributed by atoms with Crippen molar-refractivity contribution in [2.75, 3.05) is 19.8 Å². The zero-order valence-electron chi connectivity index (χ0n) is 15.7. The molecule has 2 amide bonds. The van der Waals surface area contributed by atoms with Crippen molar-refractivity contribution in [2.24, 2.45) is 0 Å². The Labute approximate surface area is 168 Å². The SMILES string of the molecule is C=C(NC(=O)CCCC(=O)NCCc1ccc2c(c1)OCCO2)c1cccs1. The Morgan fingerprint density at radius 2 is 1.86 bits per heavy atom. The number of fused-ring (bicyclic) bond motifs is 1. The van der Waals surface area contributed by atoms with Gasteiger partial charge in [0.15, 0.2) is 11.5 Å². The molecular weight excluding hydrogens is 376 g/mol. The molecule has 0 aliphatic carbocycles. The maximum Gasteiger partial charge on any atom is 0.224 e. The predicted molar refractivity (Wildman–Crippen MR) is 109 cm³/mol. The van der Waals surface area contributed by atoms with Gasteiger partial charge in [-0.25, -0.2) is 0 Å². The van der Waals surface area contributed by atoms with Crippen molar-refractivity contribution in [2.45, 2.75) is 25.7 Å². The van der Waals surface area contributed by atoms with Crippen molar-refractivity contribution in [3.8, 4) is 11.5 Å². The molecule has 1 aliphatic heterocycles. The molecular formula is C21H24N2O4S. The maximum atomic E-state index is 12.0. The van der Waals surface area contributed by atoms with E-state index in [9.17, 15) is 9.59 Å². The number of hydrogen-bond acceptors (Lipinski definition) is 5. The van der Waals surface area contributed by atoms with Crippen LogP contribution in [0, 0.1) is 0 Å². The van der Waals surface area contributed by atoms with E-state index in [1.807, 2.05) is 35.7 Å². The molecule has 0 unspecified atom stereocenters. The summed E-state index contributed by atoms with van der Waals surface area (Å²) in [6.45, 7) is 5.53. The van der Waals surface area contributed by atoms with E-state index in [4.69, 9.17) is 9.47 Å². The standard InChI is InChI=1S/C21H24N2O4S/c1-15(19-4-3-13-28-19)23-21(25)6-2-5-20(24)22-10-9-16-7-8-17-18(14-16)27-12-11-26-17/h3-4,7-8,13-14H,1-2,5-6,9-12H2,(H,22,24)(H,23,25). The van der Waals surface area contributed by atoms with E-state index in [0.29, 0.717) is 51.1 Å². The van der Waals surface area contributed by atoms with Crippen LogP contribution in [0.15, 0.2) is 42.3 Å². The molecule has 148 valence electrons. The Kier molecular flexibility index (Phi) is 7.08. The minimum absolute atomic E-state index is 0.0533. The lowest BCUT2D eigenvalue weighted by molar-refractivity contribution is -0.121. The molecule has 6 nitrogen and oxygen atoms in total. The van der Waals surface area contributed by atoms with E-state index < -0.39 is 0 Å². The summed E-state index contributed by atoms with van der Waals surface area (Å²) in [5.41, 5.74) is 1.68. The molecule has 2 heterocycles. The van der Waals surface area contributed by atoms with Crippen LogP contribution in [-0.4, -0.2) is 31.6 Å². The van der Waals surface area contributed by atoms with Gasteiger partial charge in [0.1, 0.15) is 13.2 Å². The summed E-state index contributed by atoms with van der Waals surface area (Å²) in [6, 6.07) is 9.64. The number of ether oxygens (including phenoxy) is 2. The molecule has 2 aromatic rings. The molecule has 0 spiro atoms. The van der Waals surface area contributed by atoms with E-state index in [1.54, 1.807) is 0 Å². The third-order valence-corrected chi connectivity index (χ3v) is 5.19. The Morgan fingerprint density at radius 3 is 2.64 bits per heavy atom. The second-order valence-electron chi connectivity index (χ2n) is 6.44. The van der Waals surface area contributed by atoms with Gasteiger partial charge in [-0.05, 0) is 42.0 Å². The molecule has 0 saturated carbocycles. The Balaban J connectivity index is 1.30. The van der Waals surface area contributed by atoms with Gasteiger partial charge in [-0.15, -0.1) is 11.3 Å². The largest absolute Gasteiger partial charge is 0.486 e. The van der Waals surface area contributed by atoms with E-state index in [1.165, 1.54) is 11.3 Å². The van der Waals surface area contributed by atoms with Crippen LogP contribution in [-0.2, 0) is 16.0 Å². The number of carbonyl (C=O) groups excluding carboxylic acids is 2. The van der Waals surface area contributed by atoms with Gasteiger partial charge in [0.2, 0.25) is 11.8 Å². The van der Waals surface area contributed by atoms with Crippen LogP contribution >= 0.6 is 11.3 Å². The lowest BCUT2D eigenvalue weighted by atomic mass is 10.1. The lowest BCUT2D eigenvalue weighted by Crippen LogP contribution is -2.26. The zero-order valence-corrected chi connectivity index (χ0v) is 16.5. The van der Waals surface area contributed by atoms with Crippen LogP contribution in [0.25, 0.3) is 5.70 Å². The summed E-state index contributed by atoms with van der Waals surface area (Å²) in [5, 5.41) is 7.59. The van der Waals surface area contributed by atoms with Crippen molar-refractivity contribution >= 4 is 28.8 Å². The van der Waals surface area contributed by atoms with Crippen molar-refractivity contribution in [3.63, 3.8) is 0 Å². The average Bonchev–Trinajstić information content (AvgIpc) is 3.23. The summed E-state index contributed by atoms with van der Waals surface area (Å²) in [4.78, 5) is 24.8. The summed E-state index contributed by atoms with van der Waals surface area (Å²) in [7, 11) is 0. The Morgan fingerprint density at radius 1 is 1.07 bits per heavy atom. The normalized spacial score (nSPS) is 12.3. The van der Waals surface area contributed by atoms with Crippen LogP contribution in [0.3, 0.4) is 0 Å². The Bertz CT molecular complexity index is 833.